The summed E-state index contributed by atoms with van der Waals surface area (Å²) in [6, 6.07) is 3.43. The molecule has 0 fully saturated rings. The Balaban J connectivity index is 2.57. The Morgan fingerprint density at radius 3 is 2.58 bits per heavy atom. The molecule has 1 rings (SSSR count). The fraction of sp³-hybridized carbons (Fsp3) is 0.462. The minimum absolute atomic E-state index is 0.0130. The lowest BCUT2D eigenvalue weighted by Crippen LogP contribution is -2.22. The molecule has 6 nitrogen and oxygen atoms in total. The molecule has 6 heteroatoms. The van der Waals surface area contributed by atoms with E-state index in [0.717, 1.165) is 0 Å². The van der Waals surface area contributed by atoms with Crippen LogP contribution in [0.4, 0.5) is 5.82 Å². The highest BCUT2D eigenvalue weighted by Crippen LogP contribution is 2.10. The number of carbonyl (C=O) groups is 2. The summed E-state index contributed by atoms with van der Waals surface area (Å²) in [6.07, 6.45) is 2.15. The zero-order chi connectivity index (χ0) is 14.4. The van der Waals surface area contributed by atoms with E-state index in [1.165, 1.54) is 11.1 Å². The van der Waals surface area contributed by atoms with Crippen LogP contribution in [0.2, 0.25) is 0 Å². The summed E-state index contributed by atoms with van der Waals surface area (Å²) in [7, 11) is 3.37. The Hall–Kier alpha value is -2.11. The summed E-state index contributed by atoms with van der Waals surface area (Å²) in [5, 5.41) is 11.7. The molecular formula is C13H19N3O3. The summed E-state index contributed by atoms with van der Waals surface area (Å²) >= 11 is 0. The molecule has 0 aliphatic rings. The predicted molar refractivity (Wildman–Crippen MR) is 72.2 cm³/mol. The van der Waals surface area contributed by atoms with Crippen molar-refractivity contribution in [1.29, 1.82) is 0 Å². The van der Waals surface area contributed by atoms with Crippen molar-refractivity contribution in [2.75, 3.05) is 19.4 Å². The van der Waals surface area contributed by atoms with Crippen molar-refractivity contribution in [3.63, 3.8) is 0 Å². The van der Waals surface area contributed by atoms with Gasteiger partial charge in [0.1, 0.15) is 5.82 Å². The standard InChI is InChI=1S/C13H19N3O3/c1-9(4-7-12(17)18)15-11-6-5-10(8-14-11)13(19)16(2)3/h5-6,8-9H,4,7H2,1-3H3,(H,14,15)(H,17,18). The molecule has 0 radical (unpaired) electrons. The molecule has 0 saturated carbocycles. The van der Waals surface area contributed by atoms with Gasteiger partial charge in [0.2, 0.25) is 0 Å². The quantitative estimate of drug-likeness (QED) is 0.813. The Bertz CT molecular complexity index is 443. The van der Waals surface area contributed by atoms with E-state index in [9.17, 15) is 9.59 Å². The van der Waals surface area contributed by atoms with Gasteiger partial charge in [0.25, 0.3) is 5.91 Å². The second-order valence-corrected chi connectivity index (χ2v) is 4.61. The van der Waals surface area contributed by atoms with Crippen LogP contribution in [0.3, 0.4) is 0 Å². The largest absolute Gasteiger partial charge is 0.481 e. The molecule has 1 heterocycles. The number of aromatic nitrogens is 1. The number of pyridine rings is 1. The van der Waals surface area contributed by atoms with Gasteiger partial charge in [-0.1, -0.05) is 0 Å². The van der Waals surface area contributed by atoms with Crippen molar-refractivity contribution >= 4 is 17.7 Å². The molecular weight excluding hydrogens is 246 g/mol. The fourth-order valence-electron chi connectivity index (χ4n) is 1.53. The molecule has 0 aliphatic heterocycles. The zero-order valence-electron chi connectivity index (χ0n) is 11.4. The molecule has 1 atom stereocenters. The molecule has 19 heavy (non-hydrogen) atoms. The third-order valence-electron chi connectivity index (χ3n) is 2.60. The second-order valence-electron chi connectivity index (χ2n) is 4.61. The molecule has 1 unspecified atom stereocenters. The number of hydrogen-bond donors (Lipinski definition) is 2. The first-order valence-electron chi connectivity index (χ1n) is 6.06. The molecule has 1 amide bonds. The summed E-state index contributed by atoms with van der Waals surface area (Å²) in [6.45, 7) is 1.89. The molecule has 0 aliphatic carbocycles. The number of carboxylic acid groups (broad SMARTS) is 1. The normalized spacial score (nSPS) is 11.7. The van der Waals surface area contributed by atoms with Crippen LogP contribution in [0.1, 0.15) is 30.1 Å². The smallest absolute Gasteiger partial charge is 0.303 e. The summed E-state index contributed by atoms with van der Waals surface area (Å²) < 4.78 is 0. The zero-order valence-corrected chi connectivity index (χ0v) is 11.4. The number of carboxylic acids is 1. The van der Waals surface area contributed by atoms with E-state index in [-0.39, 0.29) is 18.4 Å². The van der Waals surface area contributed by atoms with Gasteiger partial charge in [-0.3, -0.25) is 9.59 Å². The van der Waals surface area contributed by atoms with Gasteiger partial charge in [-0.05, 0) is 25.5 Å². The number of hydrogen-bond acceptors (Lipinski definition) is 4. The van der Waals surface area contributed by atoms with Gasteiger partial charge in [-0.25, -0.2) is 4.98 Å². The number of anilines is 1. The highest BCUT2D eigenvalue weighted by atomic mass is 16.4. The maximum Gasteiger partial charge on any atom is 0.303 e. The molecule has 0 aromatic carbocycles. The first-order chi connectivity index (χ1) is 8.90. The van der Waals surface area contributed by atoms with Gasteiger partial charge < -0.3 is 15.3 Å². The van der Waals surface area contributed by atoms with E-state index in [4.69, 9.17) is 5.11 Å². The molecule has 104 valence electrons. The maximum atomic E-state index is 11.7. The Morgan fingerprint density at radius 1 is 1.42 bits per heavy atom. The minimum atomic E-state index is -0.812. The average molecular weight is 265 g/mol. The van der Waals surface area contributed by atoms with Crippen LogP contribution in [0.15, 0.2) is 18.3 Å². The maximum absolute atomic E-state index is 11.7. The Morgan fingerprint density at radius 2 is 2.11 bits per heavy atom. The van der Waals surface area contributed by atoms with Crippen molar-refractivity contribution in [3.05, 3.63) is 23.9 Å². The lowest BCUT2D eigenvalue weighted by Gasteiger charge is -2.14. The van der Waals surface area contributed by atoms with Crippen LogP contribution >= 0.6 is 0 Å². The minimum Gasteiger partial charge on any atom is -0.481 e. The first kappa shape index (κ1) is 14.9. The van der Waals surface area contributed by atoms with E-state index in [2.05, 4.69) is 10.3 Å². The third-order valence-corrected chi connectivity index (χ3v) is 2.60. The highest BCUT2D eigenvalue weighted by molar-refractivity contribution is 5.93. The Labute approximate surface area is 112 Å². The van der Waals surface area contributed by atoms with E-state index >= 15 is 0 Å². The van der Waals surface area contributed by atoms with E-state index < -0.39 is 5.97 Å². The number of aliphatic carboxylic acids is 1. The molecule has 2 N–H and O–H groups in total. The lowest BCUT2D eigenvalue weighted by molar-refractivity contribution is -0.137. The molecule has 1 aromatic rings. The number of nitrogens with zero attached hydrogens (tertiary/aromatic N) is 2. The predicted octanol–water partition coefficient (Wildman–Crippen LogP) is 1.45. The van der Waals surface area contributed by atoms with Gasteiger partial charge in [-0.2, -0.15) is 0 Å². The van der Waals surface area contributed by atoms with Crippen molar-refractivity contribution in [1.82, 2.24) is 9.88 Å². The fourth-order valence-corrected chi connectivity index (χ4v) is 1.53. The SMILES string of the molecule is CC(CCC(=O)O)Nc1ccc(C(=O)N(C)C)cn1. The number of carbonyl (C=O) groups excluding carboxylic acids is 1. The first-order valence-corrected chi connectivity index (χ1v) is 6.06. The number of rotatable bonds is 6. The van der Waals surface area contributed by atoms with Crippen LogP contribution in [0, 0.1) is 0 Å². The topological polar surface area (TPSA) is 82.5 Å². The Kier molecular flexibility index (Phi) is 5.29. The van der Waals surface area contributed by atoms with Gasteiger partial charge in [0, 0.05) is 32.8 Å². The van der Waals surface area contributed by atoms with E-state index in [1.807, 2.05) is 6.92 Å². The number of amides is 1. The molecule has 0 saturated heterocycles. The second kappa shape index (κ2) is 6.72. The third kappa shape index (κ3) is 4.95. The van der Waals surface area contributed by atoms with Gasteiger partial charge in [0.05, 0.1) is 5.56 Å². The highest BCUT2D eigenvalue weighted by Gasteiger charge is 2.09. The van der Waals surface area contributed by atoms with Crippen LogP contribution in [0.5, 0.6) is 0 Å². The monoisotopic (exact) mass is 265 g/mol. The van der Waals surface area contributed by atoms with Crippen LogP contribution in [-0.4, -0.2) is 47.0 Å². The van der Waals surface area contributed by atoms with Gasteiger partial charge in [0.15, 0.2) is 0 Å². The van der Waals surface area contributed by atoms with E-state index in [0.29, 0.717) is 17.8 Å². The molecule has 0 spiro atoms. The summed E-state index contributed by atoms with van der Waals surface area (Å²) in [4.78, 5) is 27.7. The molecule has 1 aromatic heterocycles. The molecule has 0 bridgehead atoms. The summed E-state index contributed by atoms with van der Waals surface area (Å²) in [5.41, 5.74) is 0.522. The van der Waals surface area contributed by atoms with Crippen molar-refractivity contribution in [3.8, 4) is 0 Å². The van der Waals surface area contributed by atoms with Crippen LogP contribution in [-0.2, 0) is 4.79 Å². The van der Waals surface area contributed by atoms with Gasteiger partial charge in [-0.15, -0.1) is 0 Å². The lowest BCUT2D eigenvalue weighted by atomic mass is 10.2. The van der Waals surface area contributed by atoms with Crippen LogP contribution in [0.25, 0.3) is 0 Å². The van der Waals surface area contributed by atoms with Crippen molar-refractivity contribution in [2.24, 2.45) is 0 Å². The van der Waals surface area contributed by atoms with Crippen molar-refractivity contribution < 1.29 is 14.7 Å². The average Bonchev–Trinajstić information content (AvgIpc) is 2.36. The summed E-state index contributed by atoms with van der Waals surface area (Å²) in [5.74, 6) is -0.278. The van der Waals surface area contributed by atoms with Gasteiger partial charge >= 0.3 is 5.97 Å². The van der Waals surface area contributed by atoms with Crippen molar-refractivity contribution in [2.45, 2.75) is 25.8 Å². The number of nitrogens with one attached hydrogen (secondary N) is 1. The van der Waals surface area contributed by atoms with E-state index in [1.54, 1.807) is 26.2 Å². The van der Waals surface area contributed by atoms with Crippen LogP contribution < -0.4 is 5.32 Å².